The first-order valence-electron chi connectivity index (χ1n) is 5.58. The number of hydrogen-bond acceptors (Lipinski definition) is 3. The average molecular weight is 297 g/mol. The first kappa shape index (κ1) is 10.7. The average Bonchev–Trinajstić information content (AvgIpc) is 2.69. The number of piperidine rings is 1. The third-order valence-corrected chi connectivity index (χ3v) is 4.75. The number of pyridine rings is 1. The zero-order valence-electron chi connectivity index (χ0n) is 8.87. The lowest BCUT2D eigenvalue weighted by atomic mass is 9.91. The number of fused-ring (bicyclic) bond motifs is 1. The number of rotatable bonds is 1. The third-order valence-electron chi connectivity index (χ3n) is 3.17. The first-order valence-corrected chi connectivity index (χ1v) is 7.19. The van der Waals surface area contributed by atoms with E-state index in [-0.39, 0.29) is 0 Å². The lowest BCUT2D eigenvalue weighted by Crippen LogP contribution is -2.26. The Hall–Kier alpha value is -0.450. The van der Waals surface area contributed by atoms with E-state index in [1.165, 1.54) is 23.1 Å². The van der Waals surface area contributed by atoms with Crippen LogP contribution in [0, 0.1) is 0 Å². The predicted molar refractivity (Wildman–Crippen MR) is 72.2 cm³/mol. The Labute approximate surface area is 107 Å². The molecule has 1 aliphatic heterocycles. The molecule has 2 aromatic heterocycles. The second-order valence-electron chi connectivity index (χ2n) is 4.23. The summed E-state index contributed by atoms with van der Waals surface area (Å²) < 4.78 is 2.46. The summed E-state index contributed by atoms with van der Waals surface area (Å²) in [6.07, 6.45) is 4.52. The van der Waals surface area contributed by atoms with E-state index < -0.39 is 0 Å². The van der Waals surface area contributed by atoms with Gasteiger partial charge in [-0.1, -0.05) is 0 Å². The highest BCUT2D eigenvalue weighted by Gasteiger charge is 2.16. The highest BCUT2D eigenvalue weighted by atomic mass is 79.9. The fourth-order valence-electron chi connectivity index (χ4n) is 2.28. The summed E-state index contributed by atoms with van der Waals surface area (Å²) in [6, 6.07) is 4.40. The van der Waals surface area contributed by atoms with Crippen molar-refractivity contribution in [2.24, 2.45) is 0 Å². The molecule has 1 saturated heterocycles. The molecule has 0 radical (unpaired) electrons. The Morgan fingerprint density at radius 2 is 2.12 bits per heavy atom. The standard InChI is InChI=1S/C12H13BrN2S/c13-12-6-10-11(16-12)5-9(7-15-10)8-1-3-14-4-2-8/h5-8,14H,1-4H2. The lowest BCUT2D eigenvalue weighted by molar-refractivity contribution is 0.460. The smallest absolute Gasteiger partial charge is 0.0821 e. The van der Waals surface area contributed by atoms with Crippen molar-refractivity contribution >= 4 is 37.5 Å². The summed E-state index contributed by atoms with van der Waals surface area (Å²) >= 11 is 5.28. The van der Waals surface area contributed by atoms with Crippen LogP contribution < -0.4 is 5.32 Å². The summed E-state index contributed by atoms with van der Waals surface area (Å²) in [5.74, 6) is 0.694. The molecule has 0 spiro atoms. The van der Waals surface area contributed by atoms with Crippen LogP contribution in [0.2, 0.25) is 0 Å². The highest BCUT2D eigenvalue weighted by molar-refractivity contribution is 9.11. The summed E-state index contributed by atoms with van der Waals surface area (Å²) in [4.78, 5) is 4.54. The Bertz CT molecular complexity index is 503. The fourth-order valence-corrected chi connectivity index (χ4v) is 3.81. The van der Waals surface area contributed by atoms with Crippen molar-refractivity contribution in [2.75, 3.05) is 13.1 Å². The number of halogens is 1. The van der Waals surface area contributed by atoms with Crippen LogP contribution in [-0.4, -0.2) is 18.1 Å². The molecule has 0 aromatic carbocycles. The van der Waals surface area contributed by atoms with E-state index in [0.717, 1.165) is 22.4 Å². The van der Waals surface area contributed by atoms with Crippen molar-refractivity contribution in [1.82, 2.24) is 10.3 Å². The van der Waals surface area contributed by atoms with E-state index in [1.807, 2.05) is 0 Å². The van der Waals surface area contributed by atoms with Gasteiger partial charge in [-0.15, -0.1) is 11.3 Å². The van der Waals surface area contributed by atoms with Crippen LogP contribution in [0.15, 0.2) is 22.1 Å². The second kappa shape index (κ2) is 4.43. The number of hydrogen-bond donors (Lipinski definition) is 1. The molecule has 16 heavy (non-hydrogen) atoms. The number of aromatic nitrogens is 1. The van der Waals surface area contributed by atoms with Crippen LogP contribution in [-0.2, 0) is 0 Å². The van der Waals surface area contributed by atoms with Gasteiger partial charge in [0.1, 0.15) is 0 Å². The normalized spacial score (nSPS) is 18.1. The maximum atomic E-state index is 4.54. The van der Waals surface area contributed by atoms with Crippen LogP contribution in [0.4, 0.5) is 0 Å². The summed E-state index contributed by atoms with van der Waals surface area (Å²) in [7, 11) is 0. The number of thiophene rings is 1. The van der Waals surface area contributed by atoms with Crippen molar-refractivity contribution in [3.05, 3.63) is 27.7 Å². The third kappa shape index (κ3) is 2.01. The van der Waals surface area contributed by atoms with Crippen molar-refractivity contribution in [1.29, 1.82) is 0 Å². The predicted octanol–water partition coefficient (Wildman–Crippen LogP) is 3.53. The van der Waals surface area contributed by atoms with E-state index in [4.69, 9.17) is 0 Å². The zero-order valence-corrected chi connectivity index (χ0v) is 11.3. The Balaban J connectivity index is 1.97. The SMILES string of the molecule is Brc1cc2ncc(C3CCNCC3)cc2s1. The van der Waals surface area contributed by atoms with Gasteiger partial charge < -0.3 is 5.32 Å². The largest absolute Gasteiger partial charge is 0.317 e. The molecular formula is C12H13BrN2S. The van der Waals surface area contributed by atoms with Gasteiger partial charge in [-0.3, -0.25) is 4.98 Å². The molecule has 4 heteroatoms. The number of nitrogens with one attached hydrogen (secondary N) is 1. The first-order chi connectivity index (χ1) is 7.83. The van der Waals surface area contributed by atoms with Crippen molar-refractivity contribution < 1.29 is 0 Å². The minimum absolute atomic E-state index is 0.694. The van der Waals surface area contributed by atoms with Crippen LogP contribution in [0.3, 0.4) is 0 Å². The molecule has 2 nitrogen and oxygen atoms in total. The molecule has 0 atom stereocenters. The molecule has 1 N–H and O–H groups in total. The lowest BCUT2D eigenvalue weighted by Gasteiger charge is -2.22. The van der Waals surface area contributed by atoms with Gasteiger partial charge in [0.05, 0.1) is 14.0 Å². The zero-order chi connectivity index (χ0) is 11.0. The van der Waals surface area contributed by atoms with Gasteiger partial charge in [-0.25, -0.2) is 0 Å². The van der Waals surface area contributed by atoms with Crippen LogP contribution in [0.1, 0.15) is 24.3 Å². The maximum Gasteiger partial charge on any atom is 0.0821 e. The summed E-state index contributed by atoms with van der Waals surface area (Å²) in [5.41, 5.74) is 2.51. The molecule has 3 rings (SSSR count). The molecule has 84 valence electrons. The molecule has 0 bridgehead atoms. The quantitative estimate of drug-likeness (QED) is 0.871. The molecule has 0 unspecified atom stereocenters. The summed E-state index contributed by atoms with van der Waals surface area (Å²) in [5, 5.41) is 3.40. The molecule has 2 aromatic rings. The molecule has 1 aliphatic rings. The van der Waals surface area contributed by atoms with Crippen molar-refractivity contribution in [2.45, 2.75) is 18.8 Å². The fraction of sp³-hybridized carbons (Fsp3) is 0.417. The van der Waals surface area contributed by atoms with Crippen molar-refractivity contribution in [3.8, 4) is 0 Å². The van der Waals surface area contributed by atoms with E-state index in [2.05, 4.69) is 44.6 Å². The van der Waals surface area contributed by atoms with Crippen molar-refractivity contribution in [3.63, 3.8) is 0 Å². The van der Waals surface area contributed by atoms with Gasteiger partial charge in [0, 0.05) is 6.20 Å². The molecule has 0 aliphatic carbocycles. The van der Waals surface area contributed by atoms with Gasteiger partial charge in [-0.2, -0.15) is 0 Å². The van der Waals surface area contributed by atoms with Gasteiger partial charge in [0.25, 0.3) is 0 Å². The molecule has 3 heterocycles. The van der Waals surface area contributed by atoms with Gasteiger partial charge >= 0.3 is 0 Å². The van der Waals surface area contributed by atoms with E-state index in [9.17, 15) is 0 Å². The highest BCUT2D eigenvalue weighted by Crippen LogP contribution is 2.32. The monoisotopic (exact) mass is 296 g/mol. The number of nitrogens with zero attached hydrogens (tertiary/aromatic N) is 1. The van der Waals surface area contributed by atoms with Crippen LogP contribution >= 0.6 is 27.3 Å². The maximum absolute atomic E-state index is 4.54. The minimum atomic E-state index is 0.694. The van der Waals surface area contributed by atoms with E-state index in [0.29, 0.717) is 5.92 Å². The minimum Gasteiger partial charge on any atom is -0.317 e. The van der Waals surface area contributed by atoms with E-state index >= 15 is 0 Å². The summed E-state index contributed by atoms with van der Waals surface area (Å²) in [6.45, 7) is 2.27. The van der Waals surface area contributed by atoms with Gasteiger partial charge in [0.15, 0.2) is 0 Å². The van der Waals surface area contributed by atoms with Crippen LogP contribution in [0.5, 0.6) is 0 Å². The second-order valence-corrected chi connectivity index (χ2v) is 6.69. The molecular weight excluding hydrogens is 284 g/mol. The Morgan fingerprint density at radius 1 is 1.31 bits per heavy atom. The molecule has 0 amide bonds. The Kier molecular flexibility index (Phi) is 2.96. The van der Waals surface area contributed by atoms with Crippen LogP contribution in [0.25, 0.3) is 10.2 Å². The van der Waals surface area contributed by atoms with E-state index in [1.54, 1.807) is 11.3 Å². The van der Waals surface area contributed by atoms with Gasteiger partial charge in [-0.05, 0) is 65.5 Å². The Morgan fingerprint density at radius 3 is 2.94 bits per heavy atom. The topological polar surface area (TPSA) is 24.9 Å². The molecule has 0 saturated carbocycles. The molecule has 1 fully saturated rings. The van der Waals surface area contributed by atoms with Gasteiger partial charge in [0.2, 0.25) is 0 Å².